The Kier molecular flexibility index (Phi) is 6.70. The molecule has 1 heterocycles. The van der Waals surface area contributed by atoms with Crippen LogP contribution in [0, 0.1) is 0 Å². The molecule has 0 aliphatic carbocycles. The first-order valence-electron chi connectivity index (χ1n) is 9.90. The van der Waals surface area contributed by atoms with E-state index in [1.807, 2.05) is 0 Å². The number of hydrogen-bond donors (Lipinski definition) is 1. The average Bonchev–Trinajstić information content (AvgIpc) is 2.73. The van der Waals surface area contributed by atoms with Crippen molar-refractivity contribution in [2.75, 3.05) is 6.54 Å². The fourth-order valence-electron chi connectivity index (χ4n) is 4.03. The Balaban J connectivity index is 2.09. The van der Waals surface area contributed by atoms with E-state index in [0.717, 1.165) is 4.90 Å². The van der Waals surface area contributed by atoms with Crippen molar-refractivity contribution < 1.29 is 35.9 Å². The van der Waals surface area contributed by atoms with Gasteiger partial charge >= 0.3 is 12.4 Å². The van der Waals surface area contributed by atoms with Crippen LogP contribution in [0.25, 0.3) is 0 Å². The molecular formula is C22H19ClF6N2O2. The van der Waals surface area contributed by atoms with Crippen LogP contribution >= 0.6 is 11.6 Å². The van der Waals surface area contributed by atoms with Gasteiger partial charge in [0.25, 0.3) is 5.91 Å². The molecule has 1 aliphatic rings. The topological polar surface area (TPSA) is 63.4 Å². The maximum atomic E-state index is 13.3. The molecule has 33 heavy (non-hydrogen) atoms. The molecule has 0 aromatic heterocycles. The van der Waals surface area contributed by atoms with Crippen molar-refractivity contribution >= 4 is 23.4 Å². The number of piperidine rings is 1. The number of nitrogens with zero attached hydrogens (tertiary/aromatic N) is 1. The number of carbonyl (C=O) groups excluding carboxylic acids is 2. The zero-order valence-electron chi connectivity index (χ0n) is 17.1. The van der Waals surface area contributed by atoms with Crippen molar-refractivity contribution in [3.05, 3.63) is 69.7 Å². The van der Waals surface area contributed by atoms with E-state index in [1.165, 1.54) is 0 Å². The number of halogens is 7. The minimum Gasteiger partial charge on any atom is -0.368 e. The summed E-state index contributed by atoms with van der Waals surface area (Å²) in [6.45, 7) is -0.0487. The molecule has 1 fully saturated rings. The summed E-state index contributed by atoms with van der Waals surface area (Å²) in [5, 5.41) is 0.423. The summed E-state index contributed by atoms with van der Waals surface area (Å²) < 4.78 is 79.6. The average molecular weight is 493 g/mol. The van der Waals surface area contributed by atoms with E-state index in [-0.39, 0.29) is 25.5 Å². The molecule has 1 aliphatic heterocycles. The number of carbonyl (C=O) groups is 2. The first-order valence-corrected chi connectivity index (χ1v) is 10.3. The SMILES string of the molecule is NC(=O)[C@]1(Cc2ccc(Cl)cc2)CCCCN1C(=O)c1cc(C(F)(F)F)cc(C(F)(F)F)c1. The van der Waals surface area contributed by atoms with Gasteiger partial charge in [-0.2, -0.15) is 26.3 Å². The molecule has 11 heteroatoms. The van der Waals surface area contributed by atoms with Crippen LogP contribution in [0.5, 0.6) is 0 Å². The third-order valence-electron chi connectivity index (χ3n) is 5.69. The first-order chi connectivity index (χ1) is 15.2. The molecule has 0 bridgehead atoms. The lowest BCUT2D eigenvalue weighted by atomic mass is 9.80. The summed E-state index contributed by atoms with van der Waals surface area (Å²) in [5.41, 5.74) is 0.591. The third kappa shape index (κ3) is 5.26. The lowest BCUT2D eigenvalue weighted by Gasteiger charge is -2.45. The van der Waals surface area contributed by atoms with Crippen molar-refractivity contribution in [1.29, 1.82) is 0 Å². The van der Waals surface area contributed by atoms with Crippen LogP contribution in [-0.4, -0.2) is 28.8 Å². The smallest absolute Gasteiger partial charge is 0.368 e. The van der Waals surface area contributed by atoms with Crippen LogP contribution in [0.1, 0.15) is 46.3 Å². The highest BCUT2D eigenvalue weighted by Gasteiger charge is 2.47. The van der Waals surface area contributed by atoms with Crippen molar-refractivity contribution in [3.8, 4) is 0 Å². The molecule has 0 unspecified atom stereocenters. The Hall–Kier alpha value is -2.75. The summed E-state index contributed by atoms with van der Waals surface area (Å²) in [4.78, 5) is 26.9. The Bertz CT molecular complexity index is 1020. The Labute approximate surface area is 190 Å². The van der Waals surface area contributed by atoms with Crippen LogP contribution in [0.4, 0.5) is 26.3 Å². The number of likely N-dealkylation sites (tertiary alicyclic amines) is 1. The normalized spacial score (nSPS) is 19.4. The number of rotatable bonds is 4. The Morgan fingerprint density at radius 2 is 1.48 bits per heavy atom. The second-order valence-electron chi connectivity index (χ2n) is 7.91. The van der Waals surface area contributed by atoms with E-state index >= 15 is 0 Å². The molecule has 2 aromatic rings. The molecule has 0 radical (unpaired) electrons. The van der Waals surface area contributed by atoms with Gasteiger partial charge in [0, 0.05) is 23.6 Å². The number of nitrogens with two attached hydrogens (primary N) is 1. The second-order valence-corrected chi connectivity index (χ2v) is 8.34. The summed E-state index contributed by atoms with van der Waals surface area (Å²) in [6.07, 6.45) is -9.26. The van der Waals surface area contributed by atoms with Gasteiger partial charge in [0.15, 0.2) is 0 Å². The number of hydrogen-bond acceptors (Lipinski definition) is 2. The van der Waals surface area contributed by atoms with Gasteiger partial charge in [-0.3, -0.25) is 9.59 Å². The first kappa shape index (κ1) is 24.9. The predicted molar refractivity (Wildman–Crippen MR) is 108 cm³/mol. The largest absolute Gasteiger partial charge is 0.416 e. The van der Waals surface area contributed by atoms with E-state index in [1.54, 1.807) is 24.3 Å². The number of benzene rings is 2. The molecule has 0 saturated carbocycles. The van der Waals surface area contributed by atoms with Crippen LogP contribution in [0.15, 0.2) is 42.5 Å². The van der Waals surface area contributed by atoms with E-state index in [4.69, 9.17) is 17.3 Å². The Morgan fingerprint density at radius 1 is 0.939 bits per heavy atom. The standard InChI is InChI=1S/C22H19ClF6N2O2/c23-17-5-3-13(4-6-17)12-20(19(30)33)7-1-2-8-31(20)18(32)14-9-15(21(24,25)26)11-16(10-14)22(27,28)29/h3-6,9-11H,1-2,7-8,12H2,(H2,30,33)/t20-/m1/s1. The summed E-state index contributed by atoms with van der Waals surface area (Å²) >= 11 is 5.87. The monoisotopic (exact) mass is 492 g/mol. The lowest BCUT2D eigenvalue weighted by Crippen LogP contribution is -2.63. The lowest BCUT2D eigenvalue weighted by molar-refractivity contribution is -0.143. The number of amides is 2. The van der Waals surface area contributed by atoms with E-state index < -0.39 is 46.4 Å². The molecule has 0 spiro atoms. The van der Waals surface area contributed by atoms with Crippen molar-refractivity contribution in [1.82, 2.24) is 4.90 Å². The summed E-state index contributed by atoms with van der Waals surface area (Å²) in [6, 6.07) is 7.00. The van der Waals surface area contributed by atoms with Gasteiger partial charge < -0.3 is 10.6 Å². The van der Waals surface area contributed by atoms with E-state index in [9.17, 15) is 35.9 Å². The molecule has 2 amide bonds. The minimum absolute atomic E-state index is 0.0487. The minimum atomic E-state index is -5.11. The van der Waals surface area contributed by atoms with Crippen molar-refractivity contribution in [2.24, 2.45) is 5.73 Å². The van der Waals surface area contributed by atoms with Crippen LogP contribution in [0.3, 0.4) is 0 Å². The molecule has 4 nitrogen and oxygen atoms in total. The van der Waals surface area contributed by atoms with Gasteiger partial charge in [-0.05, 0) is 55.2 Å². The molecule has 2 aromatic carbocycles. The predicted octanol–water partition coefficient (Wildman–Crippen LogP) is 5.47. The maximum absolute atomic E-state index is 13.3. The summed E-state index contributed by atoms with van der Waals surface area (Å²) in [7, 11) is 0. The van der Waals surface area contributed by atoms with Crippen molar-refractivity contribution in [2.45, 2.75) is 43.6 Å². The molecule has 2 N–H and O–H groups in total. The molecule has 3 rings (SSSR count). The van der Waals surface area contributed by atoms with Gasteiger partial charge in [0.05, 0.1) is 11.1 Å². The van der Waals surface area contributed by atoms with Crippen molar-refractivity contribution in [3.63, 3.8) is 0 Å². The fourth-order valence-corrected chi connectivity index (χ4v) is 4.16. The number of primary amides is 1. The van der Waals surface area contributed by atoms with Crippen LogP contribution in [-0.2, 0) is 23.6 Å². The van der Waals surface area contributed by atoms with Gasteiger partial charge in [0.2, 0.25) is 5.91 Å². The number of alkyl halides is 6. The molecule has 178 valence electrons. The third-order valence-corrected chi connectivity index (χ3v) is 5.94. The summed E-state index contributed by atoms with van der Waals surface area (Å²) in [5.74, 6) is -2.02. The van der Waals surface area contributed by atoms with Gasteiger partial charge in [-0.1, -0.05) is 23.7 Å². The maximum Gasteiger partial charge on any atom is 0.416 e. The molecule has 1 atom stereocenters. The highest BCUT2D eigenvalue weighted by atomic mass is 35.5. The molecule has 1 saturated heterocycles. The second kappa shape index (κ2) is 8.89. The van der Waals surface area contributed by atoms with Gasteiger partial charge in [0.1, 0.15) is 5.54 Å². The van der Waals surface area contributed by atoms with Crippen LogP contribution in [0.2, 0.25) is 5.02 Å². The zero-order chi connectivity index (χ0) is 24.6. The van der Waals surface area contributed by atoms with Gasteiger partial charge in [-0.25, -0.2) is 0 Å². The fraction of sp³-hybridized carbons (Fsp3) is 0.364. The van der Waals surface area contributed by atoms with E-state index in [0.29, 0.717) is 35.6 Å². The van der Waals surface area contributed by atoms with Gasteiger partial charge in [-0.15, -0.1) is 0 Å². The zero-order valence-corrected chi connectivity index (χ0v) is 17.8. The Morgan fingerprint density at radius 3 is 1.97 bits per heavy atom. The van der Waals surface area contributed by atoms with Crippen LogP contribution < -0.4 is 5.73 Å². The quantitative estimate of drug-likeness (QED) is 0.575. The highest BCUT2D eigenvalue weighted by Crippen LogP contribution is 2.38. The van der Waals surface area contributed by atoms with E-state index in [2.05, 4.69) is 0 Å². The highest BCUT2D eigenvalue weighted by molar-refractivity contribution is 6.30. The molecular weight excluding hydrogens is 474 g/mol.